The number of nitrogens with two attached hydrogens (primary N) is 1. The van der Waals surface area contributed by atoms with Crippen LogP contribution < -0.4 is 16.4 Å². The first kappa shape index (κ1) is 22.4. The molecule has 1 aromatic heterocycles. The van der Waals surface area contributed by atoms with E-state index in [1.54, 1.807) is 13.8 Å². The van der Waals surface area contributed by atoms with Gasteiger partial charge in [-0.1, -0.05) is 17.8 Å². The van der Waals surface area contributed by atoms with E-state index in [1.165, 1.54) is 30.4 Å². The summed E-state index contributed by atoms with van der Waals surface area (Å²) in [4.78, 5) is 26.2. The van der Waals surface area contributed by atoms with Gasteiger partial charge in [-0.15, -0.1) is 9.24 Å². The Bertz CT molecular complexity index is 1030. The molecule has 2 unspecified atom stereocenters. The number of hydrogen-bond donors (Lipinski definition) is 3. The van der Waals surface area contributed by atoms with Crippen LogP contribution in [0.1, 0.15) is 50.2 Å². The SMILES string of the molecule is C/C(=C1\CC(C)(c2cc(NC(=O)c3cnccn3)ccc2P)N=C(N)S1)C(C)(C)O. The Morgan fingerprint density at radius 1 is 1.37 bits per heavy atom. The lowest BCUT2D eigenvalue weighted by molar-refractivity contribution is 0.102. The van der Waals surface area contributed by atoms with Crippen LogP contribution in [0, 0.1) is 0 Å². The van der Waals surface area contributed by atoms with E-state index >= 15 is 0 Å². The van der Waals surface area contributed by atoms with Crippen molar-refractivity contribution >= 4 is 43.1 Å². The van der Waals surface area contributed by atoms with Crippen molar-refractivity contribution in [2.75, 3.05) is 5.32 Å². The summed E-state index contributed by atoms with van der Waals surface area (Å²) in [5.74, 6) is -0.337. The van der Waals surface area contributed by atoms with Gasteiger partial charge < -0.3 is 16.2 Å². The zero-order valence-corrected chi connectivity index (χ0v) is 19.4. The lowest BCUT2D eigenvalue weighted by Gasteiger charge is -2.35. The summed E-state index contributed by atoms with van der Waals surface area (Å²) in [6.45, 7) is 7.45. The molecule has 4 N–H and O–H groups in total. The monoisotopic (exact) mass is 443 g/mol. The molecule has 0 bridgehead atoms. The molecule has 0 aliphatic carbocycles. The molecule has 2 heterocycles. The van der Waals surface area contributed by atoms with Crippen molar-refractivity contribution in [1.29, 1.82) is 0 Å². The van der Waals surface area contributed by atoms with Crippen LogP contribution in [0.4, 0.5) is 5.69 Å². The molecule has 1 amide bonds. The average Bonchev–Trinajstić information content (AvgIpc) is 2.68. The molecule has 0 radical (unpaired) electrons. The second-order valence-electron chi connectivity index (χ2n) is 7.96. The van der Waals surface area contributed by atoms with Crippen LogP contribution in [-0.4, -0.2) is 31.8 Å². The van der Waals surface area contributed by atoms with Crippen LogP contribution in [0.5, 0.6) is 0 Å². The molecule has 2 aromatic rings. The Morgan fingerprint density at radius 2 is 2.10 bits per heavy atom. The minimum absolute atomic E-state index is 0.238. The number of nitrogens with zero attached hydrogens (tertiary/aromatic N) is 3. The maximum atomic E-state index is 12.5. The van der Waals surface area contributed by atoms with Crippen LogP contribution >= 0.6 is 21.0 Å². The van der Waals surface area contributed by atoms with Crippen LogP contribution in [-0.2, 0) is 5.54 Å². The quantitative estimate of drug-likeness (QED) is 0.626. The number of aromatic nitrogens is 2. The standard InChI is InChI=1S/C21H26N5O2PS/c1-12(20(2,3)28)17-10-21(4,26-19(22)30-17)14-9-13(5-6-16(14)29)25-18(27)15-11-23-7-8-24-15/h5-9,11,28H,10,29H2,1-4H3,(H2,22,26)(H,25,27)/b17-12-. The number of hydrogen-bond acceptors (Lipinski definition) is 7. The van der Waals surface area contributed by atoms with E-state index in [1.807, 2.05) is 32.0 Å². The van der Waals surface area contributed by atoms with Crippen molar-refractivity contribution in [3.05, 3.63) is 58.5 Å². The topological polar surface area (TPSA) is 113 Å². The zero-order valence-electron chi connectivity index (χ0n) is 17.4. The smallest absolute Gasteiger partial charge is 0.275 e. The van der Waals surface area contributed by atoms with Gasteiger partial charge in [0.15, 0.2) is 5.17 Å². The van der Waals surface area contributed by atoms with Gasteiger partial charge in [0.05, 0.1) is 17.3 Å². The van der Waals surface area contributed by atoms with Gasteiger partial charge in [0.25, 0.3) is 5.91 Å². The number of thioether (sulfide) groups is 1. The molecule has 1 aliphatic rings. The highest BCUT2D eigenvalue weighted by Gasteiger charge is 2.36. The minimum atomic E-state index is -0.947. The minimum Gasteiger partial charge on any atom is -0.386 e. The van der Waals surface area contributed by atoms with E-state index in [-0.39, 0.29) is 11.6 Å². The van der Waals surface area contributed by atoms with Gasteiger partial charge in [-0.05, 0) is 61.2 Å². The average molecular weight is 444 g/mol. The largest absolute Gasteiger partial charge is 0.386 e. The van der Waals surface area contributed by atoms with Crippen LogP contribution in [0.2, 0.25) is 0 Å². The van der Waals surface area contributed by atoms with Gasteiger partial charge >= 0.3 is 0 Å². The molecule has 30 heavy (non-hydrogen) atoms. The second-order valence-corrected chi connectivity index (χ2v) is 9.69. The van der Waals surface area contributed by atoms with E-state index in [4.69, 9.17) is 10.7 Å². The van der Waals surface area contributed by atoms with Crippen molar-refractivity contribution in [2.45, 2.75) is 45.3 Å². The van der Waals surface area contributed by atoms with Crippen molar-refractivity contribution in [3.8, 4) is 0 Å². The van der Waals surface area contributed by atoms with Crippen molar-refractivity contribution < 1.29 is 9.90 Å². The first-order valence-electron chi connectivity index (χ1n) is 9.43. The van der Waals surface area contributed by atoms with Gasteiger partial charge in [0.1, 0.15) is 5.69 Å². The van der Waals surface area contributed by atoms with Crippen LogP contribution in [0.3, 0.4) is 0 Å². The lowest BCUT2D eigenvalue weighted by Crippen LogP contribution is -2.33. The van der Waals surface area contributed by atoms with Gasteiger partial charge in [0, 0.05) is 24.5 Å². The summed E-state index contributed by atoms with van der Waals surface area (Å²) >= 11 is 1.39. The van der Waals surface area contributed by atoms with E-state index < -0.39 is 11.1 Å². The first-order valence-corrected chi connectivity index (χ1v) is 10.8. The van der Waals surface area contributed by atoms with E-state index in [0.717, 1.165) is 21.3 Å². The summed E-state index contributed by atoms with van der Waals surface area (Å²) in [6, 6.07) is 5.64. The molecule has 1 aliphatic heterocycles. The highest BCUT2D eigenvalue weighted by atomic mass is 32.2. The van der Waals surface area contributed by atoms with E-state index in [2.05, 4.69) is 24.5 Å². The Labute approximate surface area is 182 Å². The van der Waals surface area contributed by atoms with Crippen LogP contribution in [0.15, 0.2) is 52.3 Å². The summed E-state index contributed by atoms with van der Waals surface area (Å²) in [5.41, 5.74) is 7.25. The Balaban J connectivity index is 1.97. The summed E-state index contributed by atoms with van der Waals surface area (Å²) in [5, 5.41) is 14.7. The van der Waals surface area contributed by atoms with Gasteiger partial charge in [-0.3, -0.25) is 14.8 Å². The van der Waals surface area contributed by atoms with Crippen LogP contribution in [0.25, 0.3) is 0 Å². The predicted octanol–water partition coefficient (Wildman–Crippen LogP) is 2.94. The fraction of sp³-hybridized carbons (Fsp3) is 0.333. The molecular formula is C21H26N5O2PS. The maximum absolute atomic E-state index is 12.5. The number of amidine groups is 1. The van der Waals surface area contributed by atoms with Gasteiger partial charge in [0.2, 0.25) is 0 Å². The van der Waals surface area contributed by atoms with Crippen molar-refractivity contribution in [1.82, 2.24) is 9.97 Å². The summed E-state index contributed by atoms with van der Waals surface area (Å²) in [7, 11) is 2.72. The Hall–Kier alpha value is -2.28. The molecule has 9 heteroatoms. The van der Waals surface area contributed by atoms with Gasteiger partial charge in [-0.25, -0.2) is 4.98 Å². The molecular weight excluding hydrogens is 417 g/mol. The van der Waals surface area contributed by atoms with Gasteiger partial charge in [-0.2, -0.15) is 0 Å². The highest BCUT2D eigenvalue weighted by molar-refractivity contribution is 8.17. The third kappa shape index (κ3) is 4.89. The molecule has 2 atom stereocenters. The molecule has 0 saturated carbocycles. The number of nitrogens with one attached hydrogen (secondary N) is 1. The molecule has 0 fully saturated rings. The fourth-order valence-corrected chi connectivity index (χ4v) is 4.94. The molecule has 0 saturated heterocycles. The highest BCUT2D eigenvalue weighted by Crippen LogP contribution is 2.44. The third-order valence-electron chi connectivity index (χ3n) is 5.11. The van der Waals surface area contributed by atoms with Crippen molar-refractivity contribution in [2.24, 2.45) is 10.7 Å². The molecule has 1 aromatic carbocycles. The molecule has 7 nitrogen and oxygen atoms in total. The molecule has 3 rings (SSSR count). The zero-order chi connectivity index (χ0) is 22.1. The number of benzene rings is 1. The molecule has 158 valence electrons. The fourth-order valence-electron chi connectivity index (χ4n) is 3.20. The third-order valence-corrected chi connectivity index (χ3v) is 6.61. The van der Waals surface area contributed by atoms with E-state index in [0.29, 0.717) is 17.3 Å². The molecule has 0 spiro atoms. The number of aliphatic hydroxyl groups is 1. The number of amides is 1. The Morgan fingerprint density at radius 3 is 2.73 bits per heavy atom. The second kappa shape index (κ2) is 8.46. The maximum Gasteiger partial charge on any atom is 0.275 e. The predicted molar refractivity (Wildman–Crippen MR) is 126 cm³/mol. The number of carbonyl (C=O) groups excluding carboxylic acids is 1. The Kier molecular flexibility index (Phi) is 6.32. The van der Waals surface area contributed by atoms with E-state index in [9.17, 15) is 9.90 Å². The lowest BCUT2D eigenvalue weighted by atomic mass is 9.86. The first-order chi connectivity index (χ1) is 14.0. The number of aliphatic imine (C=N–C) groups is 1. The number of anilines is 1. The number of rotatable bonds is 4. The number of carbonyl (C=O) groups is 1. The summed E-state index contributed by atoms with van der Waals surface area (Å²) < 4.78 is 0. The summed E-state index contributed by atoms with van der Waals surface area (Å²) in [6.07, 6.45) is 5.00. The normalized spacial score (nSPS) is 21.1. The van der Waals surface area contributed by atoms with Crippen molar-refractivity contribution in [3.63, 3.8) is 0 Å².